The molecule has 0 bridgehead atoms. The largest absolute Gasteiger partial charge is 0.462 e. The number of benzene rings is 1. The molecule has 30 heavy (non-hydrogen) atoms. The van der Waals surface area contributed by atoms with E-state index in [2.05, 4.69) is 10.6 Å². The summed E-state index contributed by atoms with van der Waals surface area (Å²) in [4.78, 5) is 24.9. The first-order valence-corrected chi connectivity index (χ1v) is 11.2. The molecular weight excluding hydrogens is 387 g/mol. The van der Waals surface area contributed by atoms with Crippen LogP contribution in [0.15, 0.2) is 18.2 Å². The molecule has 0 spiro atoms. The van der Waals surface area contributed by atoms with E-state index >= 15 is 0 Å². The van der Waals surface area contributed by atoms with Crippen molar-refractivity contribution in [3.63, 3.8) is 0 Å². The van der Waals surface area contributed by atoms with Gasteiger partial charge in [-0.2, -0.15) is 0 Å². The molecule has 1 amide bonds. The number of nitrogens with one attached hydrogen (secondary N) is 2. The molecule has 6 nitrogen and oxygen atoms in total. The van der Waals surface area contributed by atoms with Gasteiger partial charge in [-0.05, 0) is 49.9 Å². The number of hydrogen-bond donors (Lipinski definition) is 2. The fourth-order valence-corrected chi connectivity index (χ4v) is 4.61. The third kappa shape index (κ3) is 6.01. The molecule has 1 aliphatic heterocycles. The van der Waals surface area contributed by atoms with Crippen LogP contribution in [0.1, 0.15) is 62.2 Å². The molecule has 0 radical (unpaired) electrons. The van der Waals surface area contributed by atoms with Gasteiger partial charge in [0.05, 0.1) is 18.2 Å². The van der Waals surface area contributed by atoms with Crippen molar-refractivity contribution in [3.05, 3.63) is 29.6 Å². The number of esters is 1. The van der Waals surface area contributed by atoms with Gasteiger partial charge >= 0.3 is 5.97 Å². The van der Waals surface area contributed by atoms with Crippen molar-refractivity contribution in [1.29, 1.82) is 0 Å². The summed E-state index contributed by atoms with van der Waals surface area (Å²) < 4.78 is 24.7. The molecule has 1 heterocycles. The lowest BCUT2D eigenvalue weighted by Crippen LogP contribution is -2.42. The van der Waals surface area contributed by atoms with Crippen molar-refractivity contribution in [3.8, 4) is 0 Å². The first-order chi connectivity index (χ1) is 14.6. The number of halogens is 1. The molecule has 0 aromatic heterocycles. The molecule has 1 aromatic carbocycles. The van der Waals surface area contributed by atoms with Crippen LogP contribution >= 0.6 is 0 Å². The van der Waals surface area contributed by atoms with Gasteiger partial charge in [0.15, 0.2) is 0 Å². The number of hydrogen-bond acceptors (Lipinski definition) is 5. The molecule has 1 saturated heterocycles. The summed E-state index contributed by atoms with van der Waals surface area (Å²) in [5, 5.41) is 6.13. The summed E-state index contributed by atoms with van der Waals surface area (Å²) in [7, 11) is 0. The Bertz CT molecular complexity index is 721. The molecule has 3 rings (SSSR count). The highest BCUT2D eigenvalue weighted by atomic mass is 19.1. The van der Waals surface area contributed by atoms with E-state index in [0.717, 1.165) is 13.0 Å². The first kappa shape index (κ1) is 22.7. The van der Waals surface area contributed by atoms with Crippen LogP contribution in [0.5, 0.6) is 0 Å². The highest BCUT2D eigenvalue weighted by Crippen LogP contribution is 2.36. The lowest BCUT2D eigenvalue weighted by Gasteiger charge is -2.30. The van der Waals surface area contributed by atoms with Crippen LogP contribution in [-0.4, -0.2) is 44.3 Å². The number of ether oxygens (including phenoxy) is 2. The van der Waals surface area contributed by atoms with Crippen molar-refractivity contribution >= 4 is 17.6 Å². The van der Waals surface area contributed by atoms with Crippen molar-refractivity contribution in [1.82, 2.24) is 5.32 Å². The number of carbonyl (C=O) groups is 2. The van der Waals surface area contributed by atoms with Crippen LogP contribution < -0.4 is 10.6 Å². The minimum atomic E-state index is -0.711. The average molecular weight is 421 g/mol. The summed E-state index contributed by atoms with van der Waals surface area (Å²) in [5.41, 5.74) is 0.213. The van der Waals surface area contributed by atoms with Crippen LogP contribution in [-0.2, 0) is 14.3 Å². The van der Waals surface area contributed by atoms with E-state index in [1.54, 1.807) is 6.07 Å². The molecule has 1 aliphatic carbocycles. The van der Waals surface area contributed by atoms with E-state index in [-0.39, 0.29) is 24.1 Å². The third-order valence-corrected chi connectivity index (χ3v) is 6.13. The Morgan fingerprint density at radius 2 is 1.97 bits per heavy atom. The van der Waals surface area contributed by atoms with E-state index in [4.69, 9.17) is 9.47 Å². The first-order valence-electron chi connectivity index (χ1n) is 11.2. The molecule has 2 N–H and O–H groups in total. The Morgan fingerprint density at radius 3 is 2.70 bits per heavy atom. The molecule has 0 unspecified atom stereocenters. The molecule has 2 aliphatic rings. The fourth-order valence-electron chi connectivity index (χ4n) is 4.61. The van der Waals surface area contributed by atoms with Crippen LogP contribution in [0.25, 0.3) is 0 Å². The number of carbonyl (C=O) groups excluding carboxylic acids is 2. The predicted octanol–water partition coefficient (Wildman–Crippen LogP) is 3.91. The van der Waals surface area contributed by atoms with Gasteiger partial charge in [-0.3, -0.25) is 4.79 Å². The van der Waals surface area contributed by atoms with Crippen molar-refractivity contribution in [2.24, 2.45) is 11.8 Å². The second-order valence-corrected chi connectivity index (χ2v) is 8.15. The van der Waals surface area contributed by atoms with Crippen LogP contribution in [0.3, 0.4) is 0 Å². The lowest BCUT2D eigenvalue weighted by atomic mass is 9.76. The van der Waals surface area contributed by atoms with Gasteiger partial charge in [-0.25, -0.2) is 9.18 Å². The van der Waals surface area contributed by atoms with E-state index in [9.17, 15) is 14.0 Å². The van der Waals surface area contributed by atoms with Gasteiger partial charge in [-0.15, -0.1) is 0 Å². The molecular formula is C23H33FN2O4. The molecule has 7 heteroatoms. The Hall–Kier alpha value is -1.99. The Labute approximate surface area is 177 Å². The van der Waals surface area contributed by atoms with Crippen molar-refractivity contribution < 1.29 is 23.5 Å². The quantitative estimate of drug-likeness (QED) is 0.468. The highest BCUT2D eigenvalue weighted by Gasteiger charge is 2.38. The Balaban J connectivity index is 1.54. The topological polar surface area (TPSA) is 76.7 Å². The second kappa shape index (κ2) is 11.4. The zero-order chi connectivity index (χ0) is 21.3. The van der Waals surface area contributed by atoms with Gasteiger partial charge < -0.3 is 20.1 Å². The fraction of sp³-hybridized carbons (Fsp3) is 0.652. The average Bonchev–Trinajstić information content (AvgIpc) is 3.24. The minimum Gasteiger partial charge on any atom is -0.462 e. The van der Waals surface area contributed by atoms with Crippen LogP contribution in [0.2, 0.25) is 0 Å². The maximum Gasteiger partial charge on any atom is 0.341 e. The summed E-state index contributed by atoms with van der Waals surface area (Å²) in [6, 6.07) is 3.84. The Morgan fingerprint density at radius 1 is 1.17 bits per heavy atom. The predicted molar refractivity (Wildman–Crippen MR) is 113 cm³/mol. The highest BCUT2D eigenvalue weighted by molar-refractivity contribution is 5.96. The molecule has 2 atom stereocenters. The summed E-state index contributed by atoms with van der Waals surface area (Å²) in [6.45, 7) is 4.00. The van der Waals surface area contributed by atoms with E-state index in [0.29, 0.717) is 37.2 Å². The van der Waals surface area contributed by atoms with Gasteiger partial charge in [0, 0.05) is 25.3 Å². The maximum absolute atomic E-state index is 14.4. The lowest BCUT2D eigenvalue weighted by molar-refractivity contribution is -0.119. The maximum atomic E-state index is 14.4. The number of amides is 1. The summed E-state index contributed by atoms with van der Waals surface area (Å²) >= 11 is 0. The monoisotopic (exact) mass is 420 g/mol. The van der Waals surface area contributed by atoms with Crippen LogP contribution in [0, 0.1) is 17.7 Å². The normalized spacial score (nSPS) is 22.1. The van der Waals surface area contributed by atoms with E-state index in [1.807, 2.05) is 6.92 Å². The number of rotatable bonds is 9. The van der Waals surface area contributed by atoms with Gasteiger partial charge in [0.2, 0.25) is 5.91 Å². The minimum absolute atomic E-state index is 0.131. The SMILES string of the molecule is CCOCCCOC(=O)c1ccc(NC(=O)[C@H]2NCC[C@H]2C2CCCCC2)cc1F. The van der Waals surface area contributed by atoms with Crippen molar-refractivity contribution in [2.75, 3.05) is 31.7 Å². The van der Waals surface area contributed by atoms with E-state index < -0.39 is 11.8 Å². The smallest absolute Gasteiger partial charge is 0.341 e. The van der Waals surface area contributed by atoms with Gasteiger partial charge in [0.1, 0.15) is 5.82 Å². The summed E-state index contributed by atoms with van der Waals surface area (Å²) in [6.07, 6.45) is 7.71. The zero-order valence-corrected chi connectivity index (χ0v) is 17.8. The van der Waals surface area contributed by atoms with Crippen LogP contribution in [0.4, 0.5) is 10.1 Å². The third-order valence-electron chi connectivity index (χ3n) is 6.13. The van der Waals surface area contributed by atoms with Gasteiger partial charge in [-0.1, -0.05) is 32.1 Å². The summed E-state index contributed by atoms with van der Waals surface area (Å²) in [5.74, 6) is -0.626. The molecule has 166 valence electrons. The van der Waals surface area contributed by atoms with Gasteiger partial charge in [0.25, 0.3) is 0 Å². The van der Waals surface area contributed by atoms with E-state index in [1.165, 1.54) is 44.2 Å². The van der Waals surface area contributed by atoms with Crippen molar-refractivity contribution in [2.45, 2.75) is 57.9 Å². The molecule has 2 fully saturated rings. The Kier molecular flexibility index (Phi) is 8.63. The molecule has 1 saturated carbocycles. The second-order valence-electron chi connectivity index (χ2n) is 8.15. The number of anilines is 1. The molecule has 1 aromatic rings. The zero-order valence-electron chi connectivity index (χ0n) is 17.8. The standard InChI is InChI=1S/C23H33FN2O4/c1-2-29-13-6-14-30-23(28)19-10-9-17(15-20(19)24)26-22(27)21-18(11-12-25-21)16-7-4-3-5-8-16/h9-10,15-16,18,21,25H,2-8,11-14H2,1H3,(H,26,27)/t18-,21-/m0/s1.